The molecule has 1 N–H and O–H groups in total. The molecule has 3 nitrogen and oxygen atoms in total. The van der Waals surface area contributed by atoms with Crippen LogP contribution in [-0.2, 0) is 10.0 Å². The Labute approximate surface area is 81.0 Å². The Balaban J connectivity index is 2.67. The van der Waals surface area contributed by atoms with E-state index in [1.54, 1.807) is 0 Å². The Morgan fingerprint density at radius 1 is 1.31 bits per heavy atom. The van der Waals surface area contributed by atoms with Crippen molar-refractivity contribution in [3.05, 3.63) is 0 Å². The first kappa shape index (κ1) is 11.0. The van der Waals surface area contributed by atoms with Gasteiger partial charge in [0.15, 0.2) is 0 Å². The van der Waals surface area contributed by atoms with Crippen molar-refractivity contribution in [2.24, 2.45) is 5.41 Å². The Morgan fingerprint density at radius 2 is 1.92 bits per heavy atom. The predicted molar refractivity (Wildman–Crippen MR) is 54.0 cm³/mol. The van der Waals surface area contributed by atoms with Gasteiger partial charge < -0.3 is 0 Å². The summed E-state index contributed by atoms with van der Waals surface area (Å²) in [6.45, 7) is 4.27. The summed E-state index contributed by atoms with van der Waals surface area (Å²) in [5.74, 6) is 0. The van der Waals surface area contributed by atoms with Gasteiger partial charge in [0.05, 0.1) is 6.26 Å². The van der Waals surface area contributed by atoms with Crippen molar-refractivity contribution in [1.29, 1.82) is 0 Å². The Bertz CT molecular complexity index is 269. The second-order valence-electron chi connectivity index (χ2n) is 4.68. The molecule has 4 heteroatoms. The molecule has 0 aromatic carbocycles. The third-order valence-electron chi connectivity index (χ3n) is 2.86. The number of rotatable bonds is 2. The smallest absolute Gasteiger partial charge is 0.208 e. The summed E-state index contributed by atoms with van der Waals surface area (Å²) in [7, 11) is -3.04. The maximum Gasteiger partial charge on any atom is 0.208 e. The van der Waals surface area contributed by atoms with Gasteiger partial charge in [-0.2, -0.15) is 0 Å². The van der Waals surface area contributed by atoms with Crippen LogP contribution in [0.5, 0.6) is 0 Å². The van der Waals surface area contributed by atoms with E-state index >= 15 is 0 Å². The SMILES string of the molecule is CC1(C)CCCCC1NS(C)(=O)=O. The fraction of sp³-hybridized carbons (Fsp3) is 1.00. The molecule has 0 radical (unpaired) electrons. The highest BCUT2D eigenvalue weighted by Gasteiger charge is 2.33. The van der Waals surface area contributed by atoms with Crippen LogP contribution in [0.4, 0.5) is 0 Å². The van der Waals surface area contributed by atoms with E-state index in [1.165, 1.54) is 12.7 Å². The third-order valence-corrected chi connectivity index (χ3v) is 3.58. The molecule has 0 aliphatic heterocycles. The van der Waals surface area contributed by atoms with Crippen molar-refractivity contribution in [2.75, 3.05) is 6.26 Å². The van der Waals surface area contributed by atoms with Gasteiger partial charge in [-0.1, -0.05) is 26.7 Å². The Morgan fingerprint density at radius 3 is 2.38 bits per heavy atom. The highest BCUT2D eigenvalue weighted by molar-refractivity contribution is 7.88. The summed E-state index contributed by atoms with van der Waals surface area (Å²) in [6, 6.07) is 0.122. The van der Waals surface area contributed by atoms with Crippen molar-refractivity contribution in [1.82, 2.24) is 4.72 Å². The predicted octanol–water partition coefficient (Wildman–Crippen LogP) is 1.50. The topological polar surface area (TPSA) is 46.2 Å². The summed E-state index contributed by atoms with van der Waals surface area (Å²) < 4.78 is 24.9. The van der Waals surface area contributed by atoms with Gasteiger partial charge in [-0.05, 0) is 18.3 Å². The molecule has 0 aromatic heterocycles. The van der Waals surface area contributed by atoms with Gasteiger partial charge in [0.25, 0.3) is 0 Å². The molecule has 0 aromatic rings. The Hall–Kier alpha value is -0.0900. The zero-order valence-electron chi connectivity index (χ0n) is 8.63. The summed E-state index contributed by atoms with van der Waals surface area (Å²) in [6.07, 6.45) is 5.67. The zero-order valence-corrected chi connectivity index (χ0v) is 9.45. The van der Waals surface area contributed by atoms with Gasteiger partial charge in [-0.3, -0.25) is 0 Å². The standard InChI is InChI=1S/C9H19NO2S/c1-9(2)7-5-4-6-8(9)10-13(3,11)12/h8,10H,4-7H2,1-3H3. The van der Waals surface area contributed by atoms with E-state index < -0.39 is 10.0 Å². The lowest BCUT2D eigenvalue weighted by molar-refractivity contribution is 0.188. The molecule has 1 saturated carbocycles. The Kier molecular flexibility index (Phi) is 3.02. The molecular formula is C9H19NO2S. The number of nitrogens with one attached hydrogen (secondary N) is 1. The summed E-state index contributed by atoms with van der Waals surface area (Å²) in [5.41, 5.74) is 0.112. The lowest BCUT2D eigenvalue weighted by Gasteiger charge is -2.38. The number of hydrogen-bond acceptors (Lipinski definition) is 2. The second-order valence-corrected chi connectivity index (χ2v) is 6.46. The highest BCUT2D eigenvalue weighted by atomic mass is 32.2. The van der Waals surface area contributed by atoms with Gasteiger partial charge in [0.2, 0.25) is 10.0 Å². The van der Waals surface area contributed by atoms with E-state index in [9.17, 15) is 8.42 Å². The highest BCUT2D eigenvalue weighted by Crippen LogP contribution is 2.35. The molecule has 1 fully saturated rings. The average molecular weight is 205 g/mol. The molecule has 78 valence electrons. The maximum absolute atomic E-state index is 11.1. The molecule has 1 rings (SSSR count). The van der Waals surface area contributed by atoms with E-state index in [0.717, 1.165) is 19.3 Å². The van der Waals surface area contributed by atoms with Gasteiger partial charge >= 0.3 is 0 Å². The van der Waals surface area contributed by atoms with Crippen LogP contribution in [0, 0.1) is 5.41 Å². The molecule has 0 spiro atoms. The number of sulfonamides is 1. The fourth-order valence-corrected chi connectivity index (χ4v) is 2.92. The van der Waals surface area contributed by atoms with E-state index in [2.05, 4.69) is 18.6 Å². The molecule has 1 unspecified atom stereocenters. The quantitative estimate of drug-likeness (QED) is 0.742. The molecule has 13 heavy (non-hydrogen) atoms. The van der Waals surface area contributed by atoms with E-state index in [4.69, 9.17) is 0 Å². The zero-order chi connectivity index (χ0) is 10.1. The second kappa shape index (κ2) is 3.58. The normalized spacial score (nSPS) is 28.7. The minimum atomic E-state index is -3.04. The summed E-state index contributed by atoms with van der Waals surface area (Å²) in [5, 5.41) is 0. The average Bonchev–Trinajstić information content (AvgIpc) is 1.91. The minimum absolute atomic E-state index is 0.112. The van der Waals surface area contributed by atoms with Crippen molar-refractivity contribution in [3.8, 4) is 0 Å². The van der Waals surface area contributed by atoms with Gasteiger partial charge in [-0.25, -0.2) is 13.1 Å². The molecule has 1 aliphatic rings. The van der Waals surface area contributed by atoms with Crippen molar-refractivity contribution >= 4 is 10.0 Å². The third kappa shape index (κ3) is 3.27. The molecule has 0 saturated heterocycles. The van der Waals surface area contributed by atoms with Crippen molar-refractivity contribution in [2.45, 2.75) is 45.6 Å². The first-order chi connectivity index (χ1) is 5.81. The van der Waals surface area contributed by atoms with Crippen molar-refractivity contribution in [3.63, 3.8) is 0 Å². The molecule has 0 bridgehead atoms. The van der Waals surface area contributed by atoms with Crippen LogP contribution >= 0.6 is 0 Å². The number of hydrogen-bond donors (Lipinski definition) is 1. The molecule has 0 amide bonds. The van der Waals surface area contributed by atoms with Crippen LogP contribution < -0.4 is 4.72 Å². The first-order valence-corrected chi connectivity index (χ1v) is 6.68. The van der Waals surface area contributed by atoms with Crippen LogP contribution in [0.2, 0.25) is 0 Å². The van der Waals surface area contributed by atoms with Crippen LogP contribution in [0.15, 0.2) is 0 Å². The molecule has 1 atom stereocenters. The van der Waals surface area contributed by atoms with Crippen molar-refractivity contribution < 1.29 is 8.42 Å². The van der Waals surface area contributed by atoms with E-state index in [1.807, 2.05) is 0 Å². The lowest BCUT2D eigenvalue weighted by atomic mass is 9.74. The minimum Gasteiger partial charge on any atom is -0.213 e. The summed E-state index contributed by atoms with van der Waals surface area (Å²) >= 11 is 0. The van der Waals surface area contributed by atoms with E-state index in [0.29, 0.717) is 0 Å². The van der Waals surface area contributed by atoms with Gasteiger partial charge in [0.1, 0.15) is 0 Å². The first-order valence-electron chi connectivity index (χ1n) is 4.78. The molecular weight excluding hydrogens is 186 g/mol. The van der Waals surface area contributed by atoms with Crippen LogP contribution in [0.3, 0.4) is 0 Å². The lowest BCUT2D eigenvalue weighted by Crippen LogP contribution is -2.46. The van der Waals surface area contributed by atoms with Crippen LogP contribution in [0.25, 0.3) is 0 Å². The molecule has 0 heterocycles. The van der Waals surface area contributed by atoms with Gasteiger partial charge in [-0.15, -0.1) is 0 Å². The van der Waals surface area contributed by atoms with Crippen LogP contribution in [0.1, 0.15) is 39.5 Å². The maximum atomic E-state index is 11.1. The fourth-order valence-electron chi connectivity index (χ4n) is 1.97. The summed E-state index contributed by atoms with van der Waals surface area (Å²) in [4.78, 5) is 0. The van der Waals surface area contributed by atoms with E-state index in [-0.39, 0.29) is 11.5 Å². The monoisotopic (exact) mass is 205 g/mol. The van der Waals surface area contributed by atoms with Gasteiger partial charge in [0, 0.05) is 6.04 Å². The van der Waals surface area contributed by atoms with Crippen LogP contribution in [-0.4, -0.2) is 20.7 Å². The largest absolute Gasteiger partial charge is 0.213 e. The molecule has 1 aliphatic carbocycles.